The molecule has 0 amide bonds. The van der Waals surface area contributed by atoms with Crippen LogP contribution in [0.1, 0.15) is 21.5 Å². The van der Waals surface area contributed by atoms with E-state index >= 15 is 0 Å². The van der Waals surface area contributed by atoms with Crippen molar-refractivity contribution >= 4 is 18.0 Å². The summed E-state index contributed by atoms with van der Waals surface area (Å²) in [6, 6.07) is 13.0. The maximum absolute atomic E-state index is 11.7. The van der Waals surface area contributed by atoms with Crippen LogP contribution in [0.15, 0.2) is 48.5 Å². The molecule has 23 heavy (non-hydrogen) atoms. The van der Waals surface area contributed by atoms with Crippen LogP contribution in [0.25, 0.3) is 17.2 Å². The molecule has 0 saturated heterocycles. The highest BCUT2D eigenvalue weighted by Crippen LogP contribution is 2.28. The monoisotopic (exact) mass is 310 g/mol. The van der Waals surface area contributed by atoms with Gasteiger partial charge in [-0.1, -0.05) is 30.3 Å². The summed E-state index contributed by atoms with van der Waals surface area (Å²) in [5, 5.41) is 0. The van der Waals surface area contributed by atoms with Crippen molar-refractivity contribution in [2.45, 2.75) is 6.92 Å². The van der Waals surface area contributed by atoms with Gasteiger partial charge in [-0.15, -0.1) is 0 Å². The van der Waals surface area contributed by atoms with Crippen LogP contribution < -0.4 is 0 Å². The zero-order chi connectivity index (χ0) is 16.8. The van der Waals surface area contributed by atoms with Gasteiger partial charge in [0.05, 0.1) is 19.8 Å². The van der Waals surface area contributed by atoms with E-state index in [2.05, 4.69) is 4.74 Å². The number of ether oxygens (including phenoxy) is 2. The van der Waals surface area contributed by atoms with Gasteiger partial charge in [-0.2, -0.15) is 0 Å². The molecular formula is C19H18O4. The van der Waals surface area contributed by atoms with E-state index in [0.717, 1.165) is 22.3 Å². The van der Waals surface area contributed by atoms with Crippen LogP contribution in [0.2, 0.25) is 0 Å². The zero-order valence-electron chi connectivity index (χ0n) is 13.3. The van der Waals surface area contributed by atoms with Gasteiger partial charge in [0.15, 0.2) is 0 Å². The Morgan fingerprint density at radius 3 is 2.43 bits per heavy atom. The maximum Gasteiger partial charge on any atom is 0.337 e. The lowest BCUT2D eigenvalue weighted by molar-refractivity contribution is -0.134. The van der Waals surface area contributed by atoms with Gasteiger partial charge in [-0.25, -0.2) is 9.59 Å². The third kappa shape index (κ3) is 3.86. The Morgan fingerprint density at radius 1 is 1.00 bits per heavy atom. The van der Waals surface area contributed by atoms with Crippen molar-refractivity contribution in [1.29, 1.82) is 0 Å². The lowest BCUT2D eigenvalue weighted by Gasteiger charge is -2.10. The molecule has 0 N–H and O–H groups in total. The molecule has 4 heteroatoms. The highest BCUT2D eigenvalue weighted by molar-refractivity contribution is 5.93. The number of carbonyl (C=O) groups excluding carboxylic acids is 2. The predicted molar refractivity (Wildman–Crippen MR) is 89.0 cm³/mol. The molecule has 0 aliphatic carbocycles. The van der Waals surface area contributed by atoms with Crippen LogP contribution in [-0.4, -0.2) is 26.2 Å². The average Bonchev–Trinajstić information content (AvgIpc) is 2.59. The third-order valence-electron chi connectivity index (χ3n) is 3.51. The summed E-state index contributed by atoms with van der Waals surface area (Å²) in [6.45, 7) is 1.96. The summed E-state index contributed by atoms with van der Waals surface area (Å²) in [6.07, 6.45) is 3.11. The van der Waals surface area contributed by atoms with Gasteiger partial charge in [-0.05, 0) is 47.4 Å². The third-order valence-corrected chi connectivity index (χ3v) is 3.51. The molecule has 4 nitrogen and oxygen atoms in total. The van der Waals surface area contributed by atoms with E-state index in [1.165, 1.54) is 20.3 Å². The van der Waals surface area contributed by atoms with Gasteiger partial charge in [0.25, 0.3) is 0 Å². The second kappa shape index (κ2) is 7.40. The second-order valence-corrected chi connectivity index (χ2v) is 4.97. The second-order valence-electron chi connectivity index (χ2n) is 4.97. The van der Waals surface area contributed by atoms with Crippen molar-refractivity contribution < 1.29 is 19.1 Å². The standard InChI is InChI=1S/C19H18O4/c1-13-6-4-9-17(16(13)10-11-18(20)22-2)14-7-5-8-15(12-14)19(21)23-3/h4-12H,1-3H3/b11-10+. The molecule has 2 rings (SSSR count). The molecule has 0 unspecified atom stereocenters. The zero-order valence-corrected chi connectivity index (χ0v) is 13.3. The quantitative estimate of drug-likeness (QED) is 0.639. The smallest absolute Gasteiger partial charge is 0.337 e. The predicted octanol–water partition coefficient (Wildman–Crippen LogP) is 3.63. The number of hydrogen-bond donors (Lipinski definition) is 0. The topological polar surface area (TPSA) is 52.6 Å². The van der Waals surface area contributed by atoms with E-state index in [1.54, 1.807) is 24.3 Å². The number of methoxy groups -OCH3 is 2. The van der Waals surface area contributed by atoms with Crippen LogP contribution in [0.4, 0.5) is 0 Å². The minimum atomic E-state index is -0.414. The van der Waals surface area contributed by atoms with E-state index in [9.17, 15) is 9.59 Å². The number of hydrogen-bond acceptors (Lipinski definition) is 4. The van der Waals surface area contributed by atoms with Crippen LogP contribution in [0.3, 0.4) is 0 Å². The van der Waals surface area contributed by atoms with Crippen LogP contribution in [0, 0.1) is 6.92 Å². The van der Waals surface area contributed by atoms with Gasteiger partial charge in [0.2, 0.25) is 0 Å². The van der Waals surface area contributed by atoms with Gasteiger partial charge in [0, 0.05) is 6.08 Å². The molecule has 0 aliphatic rings. The largest absolute Gasteiger partial charge is 0.466 e. The summed E-state index contributed by atoms with van der Waals surface area (Å²) < 4.78 is 9.40. The first-order valence-electron chi connectivity index (χ1n) is 7.11. The first-order valence-corrected chi connectivity index (χ1v) is 7.11. The summed E-state index contributed by atoms with van der Waals surface area (Å²) in [5.41, 5.74) is 4.21. The fourth-order valence-electron chi connectivity index (χ4n) is 2.30. The normalized spacial score (nSPS) is 10.6. The number of aryl methyl sites for hydroxylation is 1. The Kier molecular flexibility index (Phi) is 5.31. The summed E-state index contributed by atoms with van der Waals surface area (Å²) in [4.78, 5) is 23.1. The maximum atomic E-state index is 11.7. The number of carbonyl (C=O) groups is 2. The van der Waals surface area contributed by atoms with Crippen molar-refractivity contribution in [3.63, 3.8) is 0 Å². The van der Waals surface area contributed by atoms with Crippen molar-refractivity contribution in [2.24, 2.45) is 0 Å². The highest BCUT2D eigenvalue weighted by atomic mass is 16.5. The number of benzene rings is 2. The Hall–Kier alpha value is -2.88. The van der Waals surface area contributed by atoms with E-state index in [0.29, 0.717) is 5.56 Å². The molecule has 0 radical (unpaired) electrons. The highest BCUT2D eigenvalue weighted by Gasteiger charge is 2.10. The van der Waals surface area contributed by atoms with Gasteiger partial charge < -0.3 is 9.47 Å². The molecule has 118 valence electrons. The fraction of sp³-hybridized carbons (Fsp3) is 0.158. The van der Waals surface area contributed by atoms with E-state index in [4.69, 9.17) is 4.74 Å². The summed E-state index contributed by atoms with van der Waals surface area (Å²) >= 11 is 0. The lowest BCUT2D eigenvalue weighted by Crippen LogP contribution is -2.01. The van der Waals surface area contributed by atoms with Crippen LogP contribution in [-0.2, 0) is 14.3 Å². The molecule has 0 aliphatic heterocycles. The summed E-state index contributed by atoms with van der Waals surface area (Å²) in [5.74, 6) is -0.798. The van der Waals surface area contributed by atoms with Crippen molar-refractivity contribution in [2.75, 3.05) is 14.2 Å². The molecule has 0 spiro atoms. The average molecular weight is 310 g/mol. The molecule has 0 aromatic heterocycles. The van der Waals surface area contributed by atoms with Crippen LogP contribution in [0.5, 0.6) is 0 Å². The lowest BCUT2D eigenvalue weighted by atomic mass is 9.94. The molecule has 0 fully saturated rings. The molecule has 2 aromatic carbocycles. The molecule has 0 atom stereocenters. The van der Waals surface area contributed by atoms with Gasteiger partial charge in [0.1, 0.15) is 0 Å². The summed E-state index contributed by atoms with van der Waals surface area (Å²) in [7, 11) is 2.69. The minimum Gasteiger partial charge on any atom is -0.466 e. The van der Waals surface area contributed by atoms with Crippen molar-refractivity contribution in [1.82, 2.24) is 0 Å². The SMILES string of the molecule is COC(=O)/C=C/c1c(C)cccc1-c1cccc(C(=O)OC)c1. The number of rotatable bonds is 4. The first kappa shape index (κ1) is 16.5. The molecular weight excluding hydrogens is 292 g/mol. The van der Waals surface area contributed by atoms with Gasteiger partial charge >= 0.3 is 11.9 Å². The molecule has 2 aromatic rings. The van der Waals surface area contributed by atoms with Gasteiger partial charge in [-0.3, -0.25) is 0 Å². The first-order chi connectivity index (χ1) is 11.1. The Labute approximate surface area is 135 Å². The van der Waals surface area contributed by atoms with Crippen LogP contribution >= 0.6 is 0 Å². The fourth-order valence-corrected chi connectivity index (χ4v) is 2.30. The Bertz CT molecular complexity index is 760. The van der Waals surface area contributed by atoms with Crippen molar-refractivity contribution in [3.05, 3.63) is 65.2 Å². The Morgan fingerprint density at radius 2 is 1.74 bits per heavy atom. The van der Waals surface area contributed by atoms with Crippen molar-refractivity contribution in [3.8, 4) is 11.1 Å². The minimum absolute atomic E-state index is 0.383. The van der Waals surface area contributed by atoms with E-state index in [-0.39, 0.29) is 5.97 Å². The molecule has 0 heterocycles. The van der Waals surface area contributed by atoms with E-state index < -0.39 is 5.97 Å². The Balaban J connectivity index is 2.52. The van der Waals surface area contributed by atoms with E-state index in [1.807, 2.05) is 31.2 Å². The molecule has 0 bridgehead atoms. The molecule has 0 saturated carbocycles. The number of esters is 2.